The molecule has 0 saturated carbocycles. The SMILES string of the molecule is CCNCC(C)C(=O)N1c2ccccc2CC1C(=O)O. The van der Waals surface area contributed by atoms with E-state index in [4.69, 9.17) is 0 Å². The van der Waals surface area contributed by atoms with E-state index >= 15 is 0 Å². The number of carbonyl (C=O) groups is 2. The molecule has 0 radical (unpaired) electrons. The molecule has 2 unspecified atom stereocenters. The van der Waals surface area contributed by atoms with Crippen molar-refractivity contribution in [2.45, 2.75) is 26.3 Å². The van der Waals surface area contributed by atoms with Crippen LogP contribution in [0.4, 0.5) is 5.69 Å². The van der Waals surface area contributed by atoms with E-state index in [1.54, 1.807) is 0 Å². The molecule has 5 nitrogen and oxygen atoms in total. The average Bonchev–Trinajstić information content (AvgIpc) is 2.83. The molecule has 1 amide bonds. The molecule has 1 aliphatic heterocycles. The minimum atomic E-state index is -0.954. The molecule has 1 aromatic rings. The Morgan fingerprint density at radius 3 is 2.80 bits per heavy atom. The lowest BCUT2D eigenvalue weighted by molar-refractivity contribution is -0.140. The van der Waals surface area contributed by atoms with Gasteiger partial charge in [0.25, 0.3) is 0 Å². The lowest BCUT2D eigenvalue weighted by atomic mass is 10.1. The standard InChI is InChI=1S/C15H20N2O3/c1-3-16-9-10(2)14(18)17-12-7-5-4-6-11(12)8-13(17)15(19)20/h4-7,10,13,16H,3,8-9H2,1-2H3,(H,19,20). The Hall–Kier alpha value is -1.88. The molecule has 1 aromatic carbocycles. The van der Waals surface area contributed by atoms with Gasteiger partial charge in [-0.15, -0.1) is 0 Å². The number of aliphatic carboxylic acids is 1. The van der Waals surface area contributed by atoms with Gasteiger partial charge in [0, 0.05) is 24.6 Å². The summed E-state index contributed by atoms with van der Waals surface area (Å²) in [5.74, 6) is -1.34. The lowest BCUT2D eigenvalue weighted by Gasteiger charge is -2.26. The van der Waals surface area contributed by atoms with Gasteiger partial charge in [-0.1, -0.05) is 32.0 Å². The van der Waals surface area contributed by atoms with E-state index in [0.717, 1.165) is 17.8 Å². The number of carboxylic acids is 1. The number of benzene rings is 1. The van der Waals surface area contributed by atoms with Crippen LogP contribution in [0.3, 0.4) is 0 Å². The molecule has 2 atom stereocenters. The summed E-state index contributed by atoms with van der Waals surface area (Å²) in [6, 6.07) is 6.61. The molecule has 2 rings (SSSR count). The molecular formula is C15H20N2O3. The highest BCUT2D eigenvalue weighted by Crippen LogP contribution is 2.33. The molecule has 1 heterocycles. The number of anilines is 1. The van der Waals surface area contributed by atoms with Gasteiger partial charge in [0.05, 0.1) is 0 Å². The second-order valence-electron chi connectivity index (χ2n) is 5.10. The highest BCUT2D eigenvalue weighted by molar-refractivity contribution is 6.02. The van der Waals surface area contributed by atoms with Crippen molar-refractivity contribution in [1.82, 2.24) is 5.32 Å². The summed E-state index contributed by atoms with van der Waals surface area (Å²) in [4.78, 5) is 25.4. The van der Waals surface area contributed by atoms with Crippen molar-refractivity contribution in [3.8, 4) is 0 Å². The summed E-state index contributed by atoms with van der Waals surface area (Å²) in [5.41, 5.74) is 1.65. The van der Waals surface area contributed by atoms with E-state index in [1.165, 1.54) is 4.90 Å². The fourth-order valence-electron chi connectivity index (χ4n) is 2.54. The smallest absolute Gasteiger partial charge is 0.327 e. The summed E-state index contributed by atoms with van der Waals surface area (Å²) in [5, 5.41) is 12.5. The second kappa shape index (κ2) is 6.05. The maximum absolute atomic E-state index is 12.6. The van der Waals surface area contributed by atoms with Crippen molar-refractivity contribution in [1.29, 1.82) is 0 Å². The molecule has 0 bridgehead atoms. The molecule has 0 saturated heterocycles. The molecule has 0 aromatic heterocycles. The third kappa shape index (κ3) is 2.67. The zero-order chi connectivity index (χ0) is 14.7. The number of hydrogen-bond acceptors (Lipinski definition) is 3. The topological polar surface area (TPSA) is 69.6 Å². The first-order valence-electron chi connectivity index (χ1n) is 6.90. The van der Waals surface area contributed by atoms with Gasteiger partial charge in [-0.2, -0.15) is 0 Å². The van der Waals surface area contributed by atoms with E-state index < -0.39 is 12.0 Å². The van der Waals surface area contributed by atoms with Crippen molar-refractivity contribution in [2.24, 2.45) is 5.92 Å². The van der Waals surface area contributed by atoms with Crippen molar-refractivity contribution in [3.63, 3.8) is 0 Å². The summed E-state index contributed by atoms with van der Waals surface area (Å²) >= 11 is 0. The molecule has 108 valence electrons. The van der Waals surface area contributed by atoms with Gasteiger partial charge >= 0.3 is 5.97 Å². The molecule has 5 heteroatoms. The molecule has 0 spiro atoms. The number of nitrogens with one attached hydrogen (secondary N) is 1. The quantitative estimate of drug-likeness (QED) is 0.850. The Labute approximate surface area is 118 Å². The minimum Gasteiger partial charge on any atom is -0.480 e. The highest BCUT2D eigenvalue weighted by Gasteiger charge is 2.39. The maximum Gasteiger partial charge on any atom is 0.327 e. The molecule has 20 heavy (non-hydrogen) atoms. The van der Waals surface area contributed by atoms with Crippen LogP contribution in [-0.4, -0.2) is 36.1 Å². The first kappa shape index (κ1) is 14.5. The third-order valence-electron chi connectivity index (χ3n) is 3.62. The Morgan fingerprint density at radius 2 is 2.15 bits per heavy atom. The minimum absolute atomic E-state index is 0.136. The summed E-state index contributed by atoms with van der Waals surface area (Å²) in [6.45, 7) is 5.14. The Kier molecular flexibility index (Phi) is 4.39. The van der Waals surface area contributed by atoms with Crippen LogP contribution in [0.15, 0.2) is 24.3 Å². The maximum atomic E-state index is 12.6. The number of rotatable bonds is 5. The largest absolute Gasteiger partial charge is 0.480 e. The van der Waals surface area contributed by atoms with Crippen LogP contribution in [0.5, 0.6) is 0 Å². The number of fused-ring (bicyclic) bond motifs is 1. The average molecular weight is 276 g/mol. The molecule has 2 N–H and O–H groups in total. The summed E-state index contributed by atoms with van der Waals surface area (Å²) in [6.07, 6.45) is 0.380. The predicted octanol–water partition coefficient (Wildman–Crippen LogP) is 1.27. The van der Waals surface area contributed by atoms with E-state index in [9.17, 15) is 14.7 Å². The Bertz CT molecular complexity index is 516. The van der Waals surface area contributed by atoms with E-state index in [2.05, 4.69) is 5.32 Å². The van der Waals surface area contributed by atoms with Crippen LogP contribution in [0.25, 0.3) is 0 Å². The molecular weight excluding hydrogens is 256 g/mol. The summed E-state index contributed by atoms with van der Waals surface area (Å²) in [7, 11) is 0. The van der Waals surface area contributed by atoms with Crippen LogP contribution in [0, 0.1) is 5.92 Å². The van der Waals surface area contributed by atoms with Gasteiger partial charge in [-0.25, -0.2) is 4.79 Å². The van der Waals surface area contributed by atoms with Crippen molar-refractivity contribution in [2.75, 3.05) is 18.0 Å². The first-order chi connectivity index (χ1) is 9.56. The van der Waals surface area contributed by atoms with Gasteiger partial charge < -0.3 is 10.4 Å². The third-order valence-corrected chi connectivity index (χ3v) is 3.62. The zero-order valence-corrected chi connectivity index (χ0v) is 11.8. The van der Waals surface area contributed by atoms with Crippen LogP contribution < -0.4 is 10.2 Å². The first-order valence-corrected chi connectivity index (χ1v) is 6.90. The normalized spacial score (nSPS) is 18.7. The molecule has 0 aliphatic carbocycles. The van der Waals surface area contributed by atoms with E-state index in [1.807, 2.05) is 38.1 Å². The number of amides is 1. The highest BCUT2D eigenvalue weighted by atomic mass is 16.4. The fraction of sp³-hybridized carbons (Fsp3) is 0.467. The number of nitrogens with zero attached hydrogens (tertiary/aromatic N) is 1. The van der Waals surface area contributed by atoms with Crippen molar-refractivity contribution < 1.29 is 14.7 Å². The van der Waals surface area contributed by atoms with Gasteiger partial charge in [0.15, 0.2) is 0 Å². The van der Waals surface area contributed by atoms with Crippen molar-refractivity contribution >= 4 is 17.6 Å². The van der Waals surface area contributed by atoms with E-state index in [0.29, 0.717) is 13.0 Å². The van der Waals surface area contributed by atoms with Gasteiger partial charge in [-0.05, 0) is 18.2 Å². The number of carbonyl (C=O) groups excluding carboxylic acids is 1. The van der Waals surface area contributed by atoms with E-state index in [-0.39, 0.29) is 11.8 Å². The Balaban J connectivity index is 2.26. The monoisotopic (exact) mass is 276 g/mol. The second-order valence-corrected chi connectivity index (χ2v) is 5.10. The van der Waals surface area contributed by atoms with Crippen LogP contribution in [-0.2, 0) is 16.0 Å². The molecule has 0 fully saturated rings. The molecule has 1 aliphatic rings. The van der Waals surface area contributed by atoms with Gasteiger partial charge in [0.1, 0.15) is 6.04 Å². The van der Waals surface area contributed by atoms with Gasteiger partial charge in [0.2, 0.25) is 5.91 Å². The number of hydrogen-bond donors (Lipinski definition) is 2. The number of para-hydroxylation sites is 1. The summed E-state index contributed by atoms with van der Waals surface area (Å²) < 4.78 is 0. The zero-order valence-electron chi connectivity index (χ0n) is 11.8. The lowest BCUT2D eigenvalue weighted by Crippen LogP contribution is -2.46. The van der Waals surface area contributed by atoms with Crippen LogP contribution >= 0.6 is 0 Å². The van der Waals surface area contributed by atoms with Crippen LogP contribution in [0.1, 0.15) is 19.4 Å². The number of carboxylic acid groups (broad SMARTS) is 1. The van der Waals surface area contributed by atoms with Crippen LogP contribution in [0.2, 0.25) is 0 Å². The Morgan fingerprint density at radius 1 is 1.45 bits per heavy atom. The van der Waals surface area contributed by atoms with Gasteiger partial charge in [-0.3, -0.25) is 9.69 Å². The van der Waals surface area contributed by atoms with Crippen molar-refractivity contribution in [3.05, 3.63) is 29.8 Å². The fourth-order valence-corrected chi connectivity index (χ4v) is 2.54. The predicted molar refractivity (Wildman–Crippen MR) is 76.8 cm³/mol.